The number of aliphatic carboxylic acids is 1. The SMILES string of the molecule is COCCOCOCCOCCOCCOCC(C)(COCCOCCOCCOCOCCOC)COCC(=O)O. The lowest BCUT2D eigenvalue weighted by atomic mass is 9.94. The van der Waals surface area contributed by atoms with Crippen LogP contribution in [0.5, 0.6) is 0 Å². The topological polar surface area (TPSA) is 157 Å². The van der Waals surface area contributed by atoms with E-state index in [9.17, 15) is 4.79 Å². The summed E-state index contributed by atoms with van der Waals surface area (Å²) in [7, 11) is 3.23. The number of hydrogen-bond acceptors (Lipinski definition) is 14. The molecule has 0 bridgehead atoms. The van der Waals surface area contributed by atoms with Gasteiger partial charge in [0.1, 0.15) is 20.2 Å². The minimum Gasteiger partial charge on any atom is -0.480 e. The van der Waals surface area contributed by atoms with Crippen molar-refractivity contribution in [3.8, 4) is 0 Å². The predicted molar refractivity (Wildman–Crippen MR) is 149 cm³/mol. The zero-order chi connectivity index (χ0) is 30.8. The van der Waals surface area contributed by atoms with Gasteiger partial charge in [0.05, 0.1) is 126 Å². The molecule has 0 spiro atoms. The largest absolute Gasteiger partial charge is 0.480 e. The Morgan fingerprint density at radius 1 is 0.452 bits per heavy atom. The second kappa shape index (κ2) is 32.9. The Kier molecular flexibility index (Phi) is 32.0. The monoisotopic (exact) mass is 618 g/mol. The van der Waals surface area contributed by atoms with E-state index < -0.39 is 11.4 Å². The Bertz CT molecular complexity index is 522. The molecule has 42 heavy (non-hydrogen) atoms. The number of ether oxygens (including phenoxy) is 13. The Morgan fingerprint density at radius 3 is 1.07 bits per heavy atom. The summed E-state index contributed by atoms with van der Waals surface area (Å²) in [5.74, 6) is -1.03. The molecular formula is C27H54O15. The fourth-order valence-corrected chi connectivity index (χ4v) is 2.90. The Labute approximate surface area is 250 Å². The molecule has 0 aromatic carbocycles. The van der Waals surface area contributed by atoms with E-state index in [1.54, 1.807) is 14.2 Å². The first kappa shape index (κ1) is 41.0. The summed E-state index contributed by atoms with van der Waals surface area (Å²) >= 11 is 0. The van der Waals surface area contributed by atoms with E-state index in [1.165, 1.54) is 0 Å². The van der Waals surface area contributed by atoms with E-state index in [0.29, 0.717) is 119 Å². The number of carboxylic acid groups (broad SMARTS) is 1. The molecular weight excluding hydrogens is 564 g/mol. The molecule has 0 aliphatic carbocycles. The molecule has 252 valence electrons. The van der Waals surface area contributed by atoms with Gasteiger partial charge in [0.25, 0.3) is 0 Å². The zero-order valence-corrected chi connectivity index (χ0v) is 25.7. The van der Waals surface area contributed by atoms with Gasteiger partial charge >= 0.3 is 5.97 Å². The second-order valence-electron chi connectivity index (χ2n) is 9.11. The average Bonchev–Trinajstić information content (AvgIpc) is 2.97. The third-order valence-corrected chi connectivity index (χ3v) is 5.01. The third kappa shape index (κ3) is 31.9. The van der Waals surface area contributed by atoms with Gasteiger partial charge in [-0.15, -0.1) is 0 Å². The van der Waals surface area contributed by atoms with Crippen molar-refractivity contribution in [2.24, 2.45) is 5.41 Å². The highest BCUT2D eigenvalue weighted by Crippen LogP contribution is 2.18. The maximum Gasteiger partial charge on any atom is 0.329 e. The minimum absolute atomic E-state index is 0.168. The van der Waals surface area contributed by atoms with Crippen LogP contribution in [0, 0.1) is 5.41 Å². The standard InChI is InChI=1S/C27H54O15/c1-27(23-42-20-26(28)29,21-36-16-12-32-8-10-34-14-18-40-24-38-6-4-30-2)22-37-17-13-33-9-11-35-15-19-41-25-39-7-5-31-3/h4-25H2,1-3H3,(H,28,29). The lowest BCUT2D eigenvalue weighted by Gasteiger charge is -2.28. The summed E-state index contributed by atoms with van der Waals surface area (Å²) in [5, 5.41) is 8.87. The van der Waals surface area contributed by atoms with E-state index in [0.717, 1.165) is 0 Å². The molecule has 1 N–H and O–H groups in total. The lowest BCUT2D eigenvalue weighted by molar-refractivity contribution is -0.145. The third-order valence-electron chi connectivity index (χ3n) is 5.01. The highest BCUT2D eigenvalue weighted by atomic mass is 16.7. The van der Waals surface area contributed by atoms with Crippen molar-refractivity contribution in [1.82, 2.24) is 0 Å². The van der Waals surface area contributed by atoms with Crippen LogP contribution in [0.3, 0.4) is 0 Å². The normalized spacial score (nSPS) is 11.9. The maximum absolute atomic E-state index is 10.8. The van der Waals surface area contributed by atoms with Crippen molar-refractivity contribution in [3.05, 3.63) is 0 Å². The number of rotatable bonds is 36. The van der Waals surface area contributed by atoms with E-state index in [1.807, 2.05) is 6.92 Å². The molecule has 0 aliphatic heterocycles. The van der Waals surface area contributed by atoms with Crippen LogP contribution in [-0.2, 0) is 66.4 Å². The van der Waals surface area contributed by atoms with Gasteiger partial charge in [-0.3, -0.25) is 0 Å². The fourth-order valence-electron chi connectivity index (χ4n) is 2.90. The van der Waals surface area contributed by atoms with Crippen LogP contribution in [0.25, 0.3) is 0 Å². The number of methoxy groups -OCH3 is 2. The second-order valence-corrected chi connectivity index (χ2v) is 9.11. The average molecular weight is 619 g/mol. The molecule has 0 saturated carbocycles. The zero-order valence-electron chi connectivity index (χ0n) is 25.7. The molecule has 0 aromatic heterocycles. The van der Waals surface area contributed by atoms with Crippen molar-refractivity contribution >= 4 is 5.97 Å². The summed E-state index contributed by atoms with van der Waals surface area (Å²) in [4.78, 5) is 10.8. The van der Waals surface area contributed by atoms with Gasteiger partial charge in [-0.25, -0.2) is 4.79 Å². The Balaban J connectivity index is 3.78. The molecule has 0 radical (unpaired) electrons. The molecule has 15 heteroatoms. The van der Waals surface area contributed by atoms with Crippen LogP contribution in [0.4, 0.5) is 0 Å². The quantitative estimate of drug-likeness (QED) is 0.0763. The van der Waals surface area contributed by atoms with Gasteiger partial charge in [0.2, 0.25) is 0 Å². The molecule has 0 fully saturated rings. The van der Waals surface area contributed by atoms with Gasteiger partial charge in [-0.1, -0.05) is 6.92 Å². The van der Waals surface area contributed by atoms with Crippen molar-refractivity contribution in [2.75, 3.05) is 160 Å². The molecule has 0 aromatic rings. The first-order chi connectivity index (χ1) is 20.5. The highest BCUT2D eigenvalue weighted by Gasteiger charge is 2.26. The van der Waals surface area contributed by atoms with Crippen LogP contribution in [0.2, 0.25) is 0 Å². The Morgan fingerprint density at radius 2 is 0.738 bits per heavy atom. The fraction of sp³-hybridized carbons (Fsp3) is 0.963. The van der Waals surface area contributed by atoms with E-state index in [2.05, 4.69) is 0 Å². The number of carbonyl (C=O) groups is 1. The van der Waals surface area contributed by atoms with E-state index >= 15 is 0 Å². The first-order valence-electron chi connectivity index (χ1n) is 14.1. The summed E-state index contributed by atoms with van der Waals surface area (Å²) in [6.45, 7) is 9.80. The van der Waals surface area contributed by atoms with Gasteiger partial charge in [-0.2, -0.15) is 0 Å². The highest BCUT2D eigenvalue weighted by molar-refractivity contribution is 5.67. The molecule has 0 aliphatic rings. The van der Waals surface area contributed by atoms with E-state index in [-0.39, 0.29) is 26.8 Å². The summed E-state index contributed by atoms with van der Waals surface area (Å²) in [6.07, 6.45) is 0. The van der Waals surface area contributed by atoms with Crippen molar-refractivity contribution in [2.45, 2.75) is 6.92 Å². The van der Waals surface area contributed by atoms with Crippen LogP contribution in [0.1, 0.15) is 6.92 Å². The minimum atomic E-state index is -1.03. The van der Waals surface area contributed by atoms with E-state index in [4.69, 9.17) is 66.7 Å². The molecule has 15 nitrogen and oxygen atoms in total. The van der Waals surface area contributed by atoms with Crippen LogP contribution in [-0.4, -0.2) is 171 Å². The molecule has 0 amide bonds. The van der Waals surface area contributed by atoms with Gasteiger partial charge in [0, 0.05) is 19.6 Å². The maximum atomic E-state index is 10.8. The van der Waals surface area contributed by atoms with Gasteiger partial charge in [0.15, 0.2) is 0 Å². The molecule has 0 saturated heterocycles. The molecule has 0 rings (SSSR count). The molecule has 0 atom stereocenters. The molecule has 0 unspecified atom stereocenters. The smallest absolute Gasteiger partial charge is 0.329 e. The van der Waals surface area contributed by atoms with Crippen LogP contribution < -0.4 is 0 Å². The molecule has 0 heterocycles. The van der Waals surface area contributed by atoms with Crippen LogP contribution >= 0.6 is 0 Å². The van der Waals surface area contributed by atoms with Crippen molar-refractivity contribution < 1.29 is 71.5 Å². The van der Waals surface area contributed by atoms with Crippen molar-refractivity contribution in [3.63, 3.8) is 0 Å². The van der Waals surface area contributed by atoms with Crippen molar-refractivity contribution in [1.29, 1.82) is 0 Å². The summed E-state index contributed by atoms with van der Waals surface area (Å²) in [5.41, 5.74) is -0.539. The summed E-state index contributed by atoms with van der Waals surface area (Å²) in [6, 6.07) is 0. The summed E-state index contributed by atoms with van der Waals surface area (Å²) < 4.78 is 69.3. The number of hydrogen-bond donors (Lipinski definition) is 1. The predicted octanol–water partition coefficient (Wildman–Crippen LogP) is 0.468. The van der Waals surface area contributed by atoms with Gasteiger partial charge in [-0.05, 0) is 0 Å². The van der Waals surface area contributed by atoms with Crippen LogP contribution in [0.15, 0.2) is 0 Å². The lowest BCUT2D eigenvalue weighted by Crippen LogP contribution is -2.36. The van der Waals surface area contributed by atoms with Gasteiger partial charge < -0.3 is 66.7 Å². The number of carboxylic acids is 1. The first-order valence-corrected chi connectivity index (χ1v) is 14.1. The Hall–Kier alpha value is -1.05.